The molecule has 2 N–H and O–H groups in total. The lowest BCUT2D eigenvalue weighted by molar-refractivity contribution is -0.119. The highest BCUT2D eigenvalue weighted by Crippen LogP contribution is 2.16. The van der Waals surface area contributed by atoms with E-state index < -0.39 is 11.6 Å². The van der Waals surface area contributed by atoms with Crippen molar-refractivity contribution in [1.29, 1.82) is 0 Å². The Kier molecular flexibility index (Phi) is 7.25. The topological polar surface area (TPSA) is 70.7 Å². The van der Waals surface area contributed by atoms with Gasteiger partial charge in [-0.3, -0.25) is 14.5 Å². The molecule has 0 aromatic heterocycles. The van der Waals surface area contributed by atoms with E-state index in [2.05, 4.69) is 10.6 Å². The van der Waals surface area contributed by atoms with Gasteiger partial charge in [0.25, 0.3) is 0 Å². The van der Waals surface area contributed by atoms with Crippen LogP contribution in [0.1, 0.15) is 6.42 Å². The van der Waals surface area contributed by atoms with E-state index in [1.807, 2.05) is 0 Å². The van der Waals surface area contributed by atoms with E-state index in [1.165, 1.54) is 6.07 Å². The molecule has 0 radical (unpaired) electrons. The first-order valence-electron chi connectivity index (χ1n) is 8.24. The SMILES string of the molecule is COc1cccc(NC(=O)CN(C)CCC(=O)Nc2ccc(F)c(F)c2)c1. The number of nitrogens with one attached hydrogen (secondary N) is 2. The van der Waals surface area contributed by atoms with Gasteiger partial charge in [-0.05, 0) is 31.3 Å². The molecule has 2 aromatic rings. The van der Waals surface area contributed by atoms with Gasteiger partial charge in [0.1, 0.15) is 5.75 Å². The van der Waals surface area contributed by atoms with Gasteiger partial charge in [0.05, 0.1) is 13.7 Å². The summed E-state index contributed by atoms with van der Waals surface area (Å²) in [5.41, 5.74) is 0.793. The summed E-state index contributed by atoms with van der Waals surface area (Å²) in [7, 11) is 3.25. The van der Waals surface area contributed by atoms with Crippen molar-refractivity contribution in [2.75, 3.05) is 37.9 Å². The standard InChI is InChI=1S/C19H21F2N3O3/c1-24(12-19(26)23-13-4-3-5-15(10-13)27-2)9-8-18(25)22-14-6-7-16(20)17(21)11-14/h3-7,10-11H,8-9,12H2,1-2H3,(H,22,25)(H,23,26). The molecule has 0 unspecified atom stereocenters. The molecule has 0 saturated carbocycles. The number of ether oxygens (including phenoxy) is 1. The highest BCUT2D eigenvalue weighted by molar-refractivity contribution is 5.93. The molecule has 0 spiro atoms. The molecule has 144 valence electrons. The number of methoxy groups -OCH3 is 1. The van der Waals surface area contributed by atoms with E-state index in [0.717, 1.165) is 12.1 Å². The fourth-order valence-corrected chi connectivity index (χ4v) is 2.32. The van der Waals surface area contributed by atoms with Crippen LogP contribution in [0.2, 0.25) is 0 Å². The van der Waals surface area contributed by atoms with Gasteiger partial charge in [0.2, 0.25) is 11.8 Å². The molecule has 0 bridgehead atoms. The third-order valence-electron chi connectivity index (χ3n) is 3.69. The zero-order chi connectivity index (χ0) is 19.8. The molecule has 8 heteroatoms. The lowest BCUT2D eigenvalue weighted by Gasteiger charge is -2.16. The van der Waals surface area contributed by atoms with Gasteiger partial charge in [-0.1, -0.05) is 6.07 Å². The third kappa shape index (κ3) is 6.67. The van der Waals surface area contributed by atoms with Gasteiger partial charge < -0.3 is 15.4 Å². The van der Waals surface area contributed by atoms with E-state index in [0.29, 0.717) is 18.0 Å². The average Bonchev–Trinajstić information content (AvgIpc) is 2.63. The zero-order valence-electron chi connectivity index (χ0n) is 15.1. The number of likely N-dealkylation sites (N-methyl/N-ethyl adjacent to an activating group) is 1. The van der Waals surface area contributed by atoms with Crippen molar-refractivity contribution in [2.45, 2.75) is 6.42 Å². The van der Waals surface area contributed by atoms with Crippen LogP contribution in [0.3, 0.4) is 0 Å². The fraction of sp³-hybridized carbons (Fsp3) is 0.263. The minimum Gasteiger partial charge on any atom is -0.497 e. The number of hydrogen-bond acceptors (Lipinski definition) is 4. The smallest absolute Gasteiger partial charge is 0.238 e. The van der Waals surface area contributed by atoms with Gasteiger partial charge in [0.15, 0.2) is 11.6 Å². The highest BCUT2D eigenvalue weighted by atomic mass is 19.2. The molecule has 0 aliphatic rings. The molecule has 2 amide bonds. The molecule has 0 fully saturated rings. The number of carbonyl (C=O) groups excluding carboxylic acids is 2. The Bertz CT molecular complexity index is 815. The maximum atomic E-state index is 13.1. The van der Waals surface area contributed by atoms with Crippen LogP contribution in [0.15, 0.2) is 42.5 Å². The Hall–Kier alpha value is -3.00. The minimum absolute atomic E-state index is 0.0929. The summed E-state index contributed by atoms with van der Waals surface area (Å²) < 4.78 is 31.1. The van der Waals surface area contributed by atoms with Crippen molar-refractivity contribution in [3.05, 3.63) is 54.1 Å². The minimum atomic E-state index is -1.03. The highest BCUT2D eigenvalue weighted by Gasteiger charge is 2.11. The lowest BCUT2D eigenvalue weighted by atomic mass is 10.2. The summed E-state index contributed by atoms with van der Waals surface area (Å²) in [5, 5.41) is 5.23. The second-order valence-corrected chi connectivity index (χ2v) is 5.94. The molecular formula is C19H21F2N3O3. The monoisotopic (exact) mass is 377 g/mol. The van der Waals surface area contributed by atoms with Crippen molar-refractivity contribution >= 4 is 23.2 Å². The summed E-state index contributed by atoms with van der Waals surface area (Å²) in [6.07, 6.45) is 0.0991. The Morgan fingerprint density at radius 2 is 1.70 bits per heavy atom. The molecular weight excluding hydrogens is 356 g/mol. The molecule has 6 nitrogen and oxygen atoms in total. The maximum absolute atomic E-state index is 13.1. The van der Waals surface area contributed by atoms with Gasteiger partial charge in [0, 0.05) is 36.5 Å². The van der Waals surface area contributed by atoms with Crippen molar-refractivity contribution in [3.8, 4) is 5.75 Å². The Labute approximate surface area is 156 Å². The van der Waals surface area contributed by atoms with Crippen molar-refractivity contribution in [2.24, 2.45) is 0 Å². The number of nitrogens with zero attached hydrogens (tertiary/aromatic N) is 1. The van der Waals surface area contributed by atoms with Crippen molar-refractivity contribution in [1.82, 2.24) is 4.90 Å². The normalized spacial score (nSPS) is 10.6. The third-order valence-corrected chi connectivity index (χ3v) is 3.69. The van der Waals surface area contributed by atoms with E-state index in [-0.39, 0.29) is 30.5 Å². The van der Waals surface area contributed by atoms with Crippen LogP contribution in [0.4, 0.5) is 20.2 Å². The van der Waals surface area contributed by atoms with E-state index in [4.69, 9.17) is 4.74 Å². The number of benzene rings is 2. The number of anilines is 2. The first-order valence-corrected chi connectivity index (χ1v) is 8.24. The van der Waals surface area contributed by atoms with Gasteiger partial charge in [-0.25, -0.2) is 8.78 Å². The van der Waals surface area contributed by atoms with E-state index >= 15 is 0 Å². The quantitative estimate of drug-likeness (QED) is 0.742. The number of carbonyl (C=O) groups is 2. The van der Waals surface area contributed by atoms with Gasteiger partial charge in [-0.15, -0.1) is 0 Å². The average molecular weight is 377 g/mol. The van der Waals surface area contributed by atoms with Gasteiger partial charge in [-0.2, -0.15) is 0 Å². The Morgan fingerprint density at radius 1 is 1.00 bits per heavy atom. The summed E-state index contributed by atoms with van der Waals surface area (Å²) in [5.74, 6) is -1.96. The largest absolute Gasteiger partial charge is 0.497 e. The Morgan fingerprint density at radius 3 is 2.41 bits per heavy atom. The van der Waals surface area contributed by atoms with Crippen LogP contribution in [-0.2, 0) is 9.59 Å². The van der Waals surface area contributed by atoms with E-state index in [9.17, 15) is 18.4 Å². The van der Waals surface area contributed by atoms with Crippen molar-refractivity contribution in [3.63, 3.8) is 0 Å². The summed E-state index contributed by atoms with van der Waals surface area (Å²) >= 11 is 0. The van der Waals surface area contributed by atoms with Crippen molar-refractivity contribution < 1.29 is 23.1 Å². The summed E-state index contributed by atoms with van der Waals surface area (Å²) in [6.45, 7) is 0.413. The number of rotatable bonds is 8. The molecule has 0 atom stereocenters. The number of amides is 2. The molecule has 0 aliphatic heterocycles. The summed E-state index contributed by atoms with van der Waals surface area (Å²) in [4.78, 5) is 25.6. The molecule has 27 heavy (non-hydrogen) atoms. The lowest BCUT2D eigenvalue weighted by Crippen LogP contribution is -2.32. The van der Waals surface area contributed by atoms with Crippen LogP contribution in [0.5, 0.6) is 5.75 Å². The zero-order valence-corrected chi connectivity index (χ0v) is 15.1. The van der Waals surface area contributed by atoms with Crippen LogP contribution >= 0.6 is 0 Å². The molecule has 0 heterocycles. The molecule has 2 aromatic carbocycles. The number of halogens is 2. The number of hydrogen-bond donors (Lipinski definition) is 2. The first kappa shape index (κ1) is 20.3. The molecule has 0 saturated heterocycles. The van der Waals surface area contributed by atoms with Crippen LogP contribution in [-0.4, -0.2) is 44.0 Å². The fourth-order valence-electron chi connectivity index (χ4n) is 2.32. The summed E-state index contributed by atoms with van der Waals surface area (Å²) in [6, 6.07) is 10.1. The van der Waals surface area contributed by atoms with Gasteiger partial charge >= 0.3 is 0 Å². The van der Waals surface area contributed by atoms with Crippen LogP contribution in [0, 0.1) is 11.6 Å². The molecule has 0 aliphatic carbocycles. The molecule has 2 rings (SSSR count). The second-order valence-electron chi connectivity index (χ2n) is 5.94. The van der Waals surface area contributed by atoms with Crippen LogP contribution in [0.25, 0.3) is 0 Å². The predicted octanol–water partition coefficient (Wildman–Crippen LogP) is 2.87. The predicted molar refractivity (Wildman–Crippen MR) is 98.7 cm³/mol. The Balaban J connectivity index is 1.75. The van der Waals surface area contributed by atoms with E-state index in [1.54, 1.807) is 43.3 Å². The maximum Gasteiger partial charge on any atom is 0.238 e. The first-order chi connectivity index (χ1) is 12.9. The second kappa shape index (κ2) is 9.63. The van der Waals surface area contributed by atoms with Crippen LogP contribution < -0.4 is 15.4 Å².